The van der Waals surface area contributed by atoms with Gasteiger partial charge >= 0.3 is 6.18 Å². The van der Waals surface area contributed by atoms with Crippen molar-refractivity contribution in [2.24, 2.45) is 0 Å². The van der Waals surface area contributed by atoms with Crippen molar-refractivity contribution in [3.05, 3.63) is 57.3 Å². The summed E-state index contributed by atoms with van der Waals surface area (Å²) in [6, 6.07) is 4.45. The van der Waals surface area contributed by atoms with E-state index in [1.54, 1.807) is 13.8 Å². The highest BCUT2D eigenvalue weighted by molar-refractivity contribution is 5.83. The Balaban J connectivity index is 1.81. The molecule has 0 aliphatic rings. The number of nitrogens with zero attached hydrogens (tertiary/aromatic N) is 3. The molecule has 0 saturated carbocycles. The minimum atomic E-state index is -4.41. The number of alkyl halides is 3. The minimum Gasteiger partial charge on any atom is -0.310 e. The fourth-order valence-electron chi connectivity index (χ4n) is 2.73. The molecule has 136 valence electrons. The van der Waals surface area contributed by atoms with E-state index in [0.717, 1.165) is 12.1 Å². The van der Waals surface area contributed by atoms with Crippen molar-refractivity contribution in [2.45, 2.75) is 33.0 Å². The van der Waals surface area contributed by atoms with Gasteiger partial charge in [-0.05, 0) is 31.5 Å². The Bertz CT molecular complexity index is 1030. The first-order valence-corrected chi connectivity index (χ1v) is 7.77. The molecule has 0 spiro atoms. The van der Waals surface area contributed by atoms with Crippen LogP contribution in [0, 0.1) is 13.8 Å². The molecule has 0 atom stereocenters. The molecule has 0 radical (unpaired) electrons. The summed E-state index contributed by atoms with van der Waals surface area (Å²) >= 11 is 0. The average molecular weight is 364 g/mol. The molecule has 6 nitrogen and oxygen atoms in total. The van der Waals surface area contributed by atoms with Gasteiger partial charge in [-0.3, -0.25) is 9.59 Å². The topological polar surface area (TPSA) is 80.6 Å². The van der Waals surface area contributed by atoms with Crippen LogP contribution in [0.3, 0.4) is 0 Å². The van der Waals surface area contributed by atoms with Crippen molar-refractivity contribution in [3.63, 3.8) is 0 Å². The molecule has 26 heavy (non-hydrogen) atoms. The number of aryl methyl sites for hydroxylation is 2. The summed E-state index contributed by atoms with van der Waals surface area (Å²) in [5, 5.41) is 4.50. The lowest BCUT2D eigenvalue weighted by Gasteiger charge is -2.07. The van der Waals surface area contributed by atoms with Gasteiger partial charge in [0.15, 0.2) is 11.4 Å². The molecule has 0 fully saturated rings. The number of Topliss-reactive ketones (excluding diaryl/α,β-unsaturated/α-hetero) is 1. The number of aromatic nitrogens is 4. The molecule has 3 rings (SSSR count). The molecule has 2 heterocycles. The van der Waals surface area contributed by atoms with E-state index in [9.17, 15) is 22.8 Å². The zero-order chi connectivity index (χ0) is 19.1. The van der Waals surface area contributed by atoms with Crippen molar-refractivity contribution in [1.29, 1.82) is 0 Å². The molecule has 0 amide bonds. The standard InChI is InChI=1S/C17H15F3N4O2/c1-9-14-15(21-10(2)22-16(14)26)24(23-9)8-13(25)7-11-3-5-12(6-4-11)17(18,19)20/h3-6H,7-8H2,1-2H3,(H,21,22,26). The van der Waals surface area contributed by atoms with Gasteiger partial charge in [0.25, 0.3) is 5.56 Å². The van der Waals surface area contributed by atoms with Gasteiger partial charge < -0.3 is 4.98 Å². The summed E-state index contributed by atoms with van der Waals surface area (Å²) in [6.45, 7) is 3.14. The third-order valence-corrected chi connectivity index (χ3v) is 3.90. The Kier molecular flexibility index (Phi) is 4.39. The number of halogens is 3. The number of aromatic amines is 1. The Morgan fingerprint density at radius 2 is 1.85 bits per heavy atom. The number of ketones is 1. The monoisotopic (exact) mass is 364 g/mol. The van der Waals surface area contributed by atoms with Crippen molar-refractivity contribution in [2.75, 3.05) is 0 Å². The fraction of sp³-hybridized carbons (Fsp3) is 0.294. The van der Waals surface area contributed by atoms with Crippen molar-refractivity contribution < 1.29 is 18.0 Å². The molecular formula is C17H15F3N4O2. The van der Waals surface area contributed by atoms with E-state index in [1.807, 2.05) is 0 Å². The third-order valence-electron chi connectivity index (χ3n) is 3.90. The van der Waals surface area contributed by atoms with Gasteiger partial charge in [-0.15, -0.1) is 0 Å². The van der Waals surface area contributed by atoms with Gasteiger partial charge in [0, 0.05) is 6.42 Å². The number of benzene rings is 1. The molecule has 3 aromatic rings. The van der Waals surface area contributed by atoms with E-state index >= 15 is 0 Å². The summed E-state index contributed by atoms with van der Waals surface area (Å²) in [6.07, 6.45) is -4.45. The molecule has 0 aliphatic carbocycles. The second kappa shape index (κ2) is 6.40. The number of carbonyl (C=O) groups is 1. The summed E-state index contributed by atoms with van der Waals surface area (Å²) in [7, 11) is 0. The van der Waals surface area contributed by atoms with E-state index in [2.05, 4.69) is 15.1 Å². The first-order chi connectivity index (χ1) is 12.1. The van der Waals surface area contributed by atoms with Crippen LogP contribution in [0.2, 0.25) is 0 Å². The summed E-state index contributed by atoms with van der Waals surface area (Å²) in [5.74, 6) is 0.146. The first kappa shape index (κ1) is 17.8. The molecule has 2 aromatic heterocycles. The second-order valence-electron chi connectivity index (χ2n) is 6.00. The predicted octanol–water partition coefficient (Wildman–Crippen LogP) is 2.57. The number of hydrogen-bond donors (Lipinski definition) is 1. The van der Waals surface area contributed by atoms with Gasteiger partial charge in [-0.25, -0.2) is 9.67 Å². The molecule has 9 heteroatoms. The number of hydrogen-bond acceptors (Lipinski definition) is 4. The van der Waals surface area contributed by atoms with Crippen LogP contribution >= 0.6 is 0 Å². The van der Waals surface area contributed by atoms with Crippen LogP contribution in [0.15, 0.2) is 29.1 Å². The van der Waals surface area contributed by atoms with E-state index in [-0.39, 0.29) is 24.3 Å². The van der Waals surface area contributed by atoms with Crippen LogP contribution in [0.25, 0.3) is 11.0 Å². The Labute approximate surface area is 145 Å². The van der Waals surface area contributed by atoms with Gasteiger partial charge in [-0.2, -0.15) is 18.3 Å². The summed E-state index contributed by atoms with van der Waals surface area (Å²) < 4.78 is 39.1. The lowest BCUT2D eigenvalue weighted by Crippen LogP contribution is -2.16. The van der Waals surface area contributed by atoms with Gasteiger partial charge in [0.2, 0.25) is 0 Å². The molecule has 0 aliphatic heterocycles. The number of carbonyl (C=O) groups excluding carboxylic acids is 1. The van der Waals surface area contributed by atoms with Crippen molar-refractivity contribution >= 4 is 16.8 Å². The lowest BCUT2D eigenvalue weighted by molar-refractivity contribution is -0.137. The summed E-state index contributed by atoms with van der Waals surface area (Å²) in [5.41, 5.74) is 0.145. The number of nitrogens with one attached hydrogen (secondary N) is 1. The van der Waals surface area contributed by atoms with Crippen LogP contribution in [-0.4, -0.2) is 25.5 Å². The maximum Gasteiger partial charge on any atom is 0.416 e. The molecule has 0 bridgehead atoms. The molecular weight excluding hydrogens is 349 g/mol. The number of H-pyrrole nitrogens is 1. The largest absolute Gasteiger partial charge is 0.416 e. The van der Waals surface area contributed by atoms with Crippen LogP contribution in [-0.2, 0) is 23.9 Å². The third kappa shape index (κ3) is 3.51. The smallest absolute Gasteiger partial charge is 0.310 e. The average Bonchev–Trinajstić information content (AvgIpc) is 2.82. The van der Waals surface area contributed by atoms with Crippen LogP contribution < -0.4 is 5.56 Å². The molecule has 0 saturated heterocycles. The Hall–Kier alpha value is -2.97. The number of fused-ring (bicyclic) bond motifs is 1. The van der Waals surface area contributed by atoms with E-state index in [1.165, 1.54) is 16.8 Å². The normalized spacial score (nSPS) is 11.9. The molecule has 1 aromatic carbocycles. The Morgan fingerprint density at radius 1 is 1.19 bits per heavy atom. The molecule has 1 N–H and O–H groups in total. The number of rotatable bonds is 4. The SMILES string of the molecule is Cc1nc2c(c(C)nn2CC(=O)Cc2ccc(C(F)(F)F)cc2)c(=O)[nH]1. The maximum atomic E-state index is 12.6. The second-order valence-corrected chi connectivity index (χ2v) is 6.00. The van der Waals surface area contributed by atoms with Crippen molar-refractivity contribution in [1.82, 2.24) is 19.7 Å². The Morgan fingerprint density at radius 3 is 2.46 bits per heavy atom. The molecule has 0 unspecified atom stereocenters. The zero-order valence-electron chi connectivity index (χ0n) is 14.0. The minimum absolute atomic E-state index is 0.0410. The highest BCUT2D eigenvalue weighted by atomic mass is 19.4. The van der Waals surface area contributed by atoms with Gasteiger partial charge in [-0.1, -0.05) is 12.1 Å². The van der Waals surface area contributed by atoms with Crippen LogP contribution in [0.4, 0.5) is 13.2 Å². The maximum absolute atomic E-state index is 12.6. The zero-order valence-corrected chi connectivity index (χ0v) is 14.0. The first-order valence-electron chi connectivity index (χ1n) is 7.77. The van der Waals surface area contributed by atoms with E-state index in [4.69, 9.17) is 0 Å². The van der Waals surface area contributed by atoms with E-state index in [0.29, 0.717) is 28.1 Å². The van der Waals surface area contributed by atoms with Gasteiger partial charge in [0.05, 0.1) is 11.3 Å². The fourth-order valence-corrected chi connectivity index (χ4v) is 2.73. The van der Waals surface area contributed by atoms with Crippen molar-refractivity contribution in [3.8, 4) is 0 Å². The van der Waals surface area contributed by atoms with Crippen LogP contribution in [0.5, 0.6) is 0 Å². The quantitative estimate of drug-likeness (QED) is 0.772. The lowest BCUT2D eigenvalue weighted by atomic mass is 10.1. The van der Waals surface area contributed by atoms with E-state index < -0.39 is 11.7 Å². The van der Waals surface area contributed by atoms with Gasteiger partial charge in [0.1, 0.15) is 17.8 Å². The predicted molar refractivity (Wildman–Crippen MR) is 87.8 cm³/mol. The summed E-state index contributed by atoms with van der Waals surface area (Å²) in [4.78, 5) is 31.1. The highest BCUT2D eigenvalue weighted by Crippen LogP contribution is 2.29. The highest BCUT2D eigenvalue weighted by Gasteiger charge is 2.30. The van der Waals surface area contributed by atoms with Crippen LogP contribution in [0.1, 0.15) is 22.6 Å².